The van der Waals surface area contributed by atoms with Crippen molar-refractivity contribution < 1.29 is 33.4 Å². The van der Waals surface area contributed by atoms with Crippen LogP contribution in [0, 0.1) is 5.92 Å². The van der Waals surface area contributed by atoms with Crippen molar-refractivity contribution in [1.29, 1.82) is 0 Å². The van der Waals surface area contributed by atoms with Gasteiger partial charge in [0.05, 0.1) is 33.3 Å². The molecular formula is C32H49N7O7. The molecule has 0 fully saturated rings. The number of carbonyl (C=O) groups is 4. The molecule has 0 unspecified atom stereocenters. The van der Waals surface area contributed by atoms with Crippen LogP contribution in [0.4, 0.5) is 0 Å². The molecule has 0 saturated carbocycles. The highest BCUT2D eigenvalue weighted by molar-refractivity contribution is 5.88. The minimum atomic E-state index is -0.774. The van der Waals surface area contributed by atoms with E-state index in [9.17, 15) is 19.2 Å². The van der Waals surface area contributed by atoms with Gasteiger partial charge in [-0.15, -0.1) is 0 Å². The Bertz CT molecular complexity index is 1330. The first-order valence-electron chi connectivity index (χ1n) is 15.9. The maximum absolute atomic E-state index is 13.6. The molecule has 4 amide bonds. The molecule has 254 valence electrons. The molecule has 1 aromatic heterocycles. The second kappa shape index (κ2) is 18.1. The molecule has 2 heterocycles. The summed E-state index contributed by atoms with van der Waals surface area (Å²) in [6.45, 7) is 6.97. The zero-order chi connectivity index (χ0) is 33.6. The largest absolute Gasteiger partial charge is 0.493 e. The number of fused-ring (bicyclic) bond motifs is 1. The summed E-state index contributed by atoms with van der Waals surface area (Å²) in [5, 5.41) is 13.4. The number of nitrogens with one attached hydrogen (secondary N) is 3. The van der Waals surface area contributed by atoms with Crippen molar-refractivity contribution in [3.63, 3.8) is 0 Å². The van der Waals surface area contributed by atoms with Crippen LogP contribution in [0.3, 0.4) is 0 Å². The average Bonchev–Trinajstić information content (AvgIpc) is 3.44. The lowest BCUT2D eigenvalue weighted by Crippen LogP contribution is -2.51. The third-order valence-corrected chi connectivity index (χ3v) is 8.04. The molecular weight excluding hydrogens is 594 g/mol. The van der Waals surface area contributed by atoms with E-state index in [1.54, 1.807) is 32.1 Å². The molecule has 46 heavy (non-hydrogen) atoms. The van der Waals surface area contributed by atoms with Crippen molar-refractivity contribution in [3.05, 3.63) is 35.4 Å². The average molecular weight is 644 g/mol. The Morgan fingerprint density at radius 3 is 2.48 bits per heavy atom. The van der Waals surface area contributed by atoms with Crippen LogP contribution in [0.2, 0.25) is 0 Å². The fourth-order valence-electron chi connectivity index (χ4n) is 5.23. The van der Waals surface area contributed by atoms with E-state index in [1.807, 2.05) is 26.0 Å². The monoisotopic (exact) mass is 643 g/mol. The van der Waals surface area contributed by atoms with Crippen molar-refractivity contribution >= 4 is 23.6 Å². The summed E-state index contributed by atoms with van der Waals surface area (Å²) in [5.41, 5.74) is 0.872. The van der Waals surface area contributed by atoms with Gasteiger partial charge in [0.25, 0.3) is 0 Å². The number of rotatable bonds is 9. The molecule has 0 saturated heterocycles. The SMILES string of the molecule is CC[C@H](C)[C@@H]1NC(=O)CCCN(C(=O)CCOC)CCCNC(=O)Cn2nc(Cc3ccc(OC)c(OC)c3)nc2[C@@H](C)NC1=O. The second-order valence-electron chi connectivity index (χ2n) is 11.5. The summed E-state index contributed by atoms with van der Waals surface area (Å²) in [7, 11) is 4.67. The molecule has 0 bridgehead atoms. The Kier molecular flexibility index (Phi) is 14.2. The van der Waals surface area contributed by atoms with Crippen molar-refractivity contribution in [3.8, 4) is 11.5 Å². The number of carbonyl (C=O) groups excluding carboxylic acids is 4. The first-order chi connectivity index (χ1) is 22.1. The lowest BCUT2D eigenvalue weighted by molar-refractivity contribution is -0.133. The number of benzene rings is 1. The number of nitrogens with zero attached hydrogens (tertiary/aromatic N) is 4. The Labute approximate surface area is 270 Å². The number of methoxy groups -OCH3 is 3. The van der Waals surface area contributed by atoms with E-state index in [1.165, 1.54) is 11.8 Å². The van der Waals surface area contributed by atoms with Gasteiger partial charge < -0.3 is 35.1 Å². The highest BCUT2D eigenvalue weighted by Gasteiger charge is 2.29. The fourth-order valence-corrected chi connectivity index (χ4v) is 5.23. The van der Waals surface area contributed by atoms with Gasteiger partial charge in [-0.05, 0) is 43.4 Å². The molecule has 1 aromatic carbocycles. The van der Waals surface area contributed by atoms with Gasteiger partial charge >= 0.3 is 0 Å². The van der Waals surface area contributed by atoms with Crippen LogP contribution in [0.15, 0.2) is 18.2 Å². The van der Waals surface area contributed by atoms with E-state index in [-0.39, 0.29) is 48.9 Å². The fraction of sp³-hybridized carbons (Fsp3) is 0.625. The van der Waals surface area contributed by atoms with Crippen LogP contribution in [-0.2, 0) is 36.9 Å². The van der Waals surface area contributed by atoms with Crippen LogP contribution < -0.4 is 25.4 Å². The topological polar surface area (TPSA) is 166 Å². The first kappa shape index (κ1) is 36.3. The molecule has 0 spiro atoms. The third-order valence-electron chi connectivity index (χ3n) is 8.04. The van der Waals surface area contributed by atoms with Gasteiger partial charge in [-0.25, -0.2) is 9.67 Å². The zero-order valence-corrected chi connectivity index (χ0v) is 27.9. The molecule has 3 atom stereocenters. The number of amides is 4. The lowest BCUT2D eigenvalue weighted by Gasteiger charge is -2.26. The Morgan fingerprint density at radius 2 is 1.78 bits per heavy atom. The van der Waals surface area contributed by atoms with Crippen LogP contribution in [0.5, 0.6) is 11.5 Å². The molecule has 14 heteroatoms. The van der Waals surface area contributed by atoms with Crippen molar-refractivity contribution in [2.24, 2.45) is 5.92 Å². The molecule has 0 aliphatic carbocycles. The molecule has 0 radical (unpaired) electrons. The number of hydrogen-bond donors (Lipinski definition) is 3. The van der Waals surface area contributed by atoms with Gasteiger partial charge in [-0.1, -0.05) is 26.3 Å². The maximum Gasteiger partial charge on any atom is 0.243 e. The van der Waals surface area contributed by atoms with Crippen LogP contribution >= 0.6 is 0 Å². The highest BCUT2D eigenvalue weighted by atomic mass is 16.5. The van der Waals surface area contributed by atoms with Gasteiger partial charge in [0.2, 0.25) is 23.6 Å². The van der Waals surface area contributed by atoms with E-state index in [4.69, 9.17) is 19.2 Å². The van der Waals surface area contributed by atoms with Crippen LogP contribution in [-0.4, -0.2) is 96.9 Å². The molecule has 14 nitrogen and oxygen atoms in total. The van der Waals surface area contributed by atoms with E-state index < -0.39 is 12.1 Å². The predicted octanol–water partition coefficient (Wildman–Crippen LogP) is 1.76. The van der Waals surface area contributed by atoms with Gasteiger partial charge in [-0.2, -0.15) is 5.10 Å². The standard InChI is InChI=1S/C32H49N7O7/c1-7-21(2)30-32(43)34-22(3)31-35-26(19-23-11-12-24(45-5)25(18-23)46-6)37-39(31)20-28(41)33-14-9-16-38(29(42)13-17-44-4)15-8-10-27(40)36-30/h11-12,18,21-22,30H,7-10,13-17,19-20H2,1-6H3,(H,33,41)(H,34,43)(H,36,40)/t21-,22+,30-/m0/s1. The Morgan fingerprint density at radius 1 is 1.04 bits per heavy atom. The predicted molar refractivity (Wildman–Crippen MR) is 170 cm³/mol. The summed E-state index contributed by atoms with van der Waals surface area (Å²) in [5.74, 6) is 0.925. The van der Waals surface area contributed by atoms with Crippen molar-refractivity contribution in [2.45, 2.75) is 77.9 Å². The number of hydrogen-bond acceptors (Lipinski definition) is 9. The zero-order valence-electron chi connectivity index (χ0n) is 27.9. The van der Waals surface area contributed by atoms with Gasteiger partial charge in [-0.3, -0.25) is 19.2 Å². The lowest BCUT2D eigenvalue weighted by atomic mass is 9.97. The molecule has 3 N–H and O–H groups in total. The highest BCUT2D eigenvalue weighted by Crippen LogP contribution is 2.28. The summed E-state index contributed by atoms with van der Waals surface area (Å²) in [4.78, 5) is 58.8. The Balaban J connectivity index is 1.89. The van der Waals surface area contributed by atoms with E-state index in [0.717, 1.165) is 5.56 Å². The summed E-state index contributed by atoms with van der Waals surface area (Å²) in [6, 6.07) is 4.14. The van der Waals surface area contributed by atoms with Crippen molar-refractivity contribution in [2.75, 3.05) is 47.6 Å². The normalized spacial score (nSPS) is 19.5. The summed E-state index contributed by atoms with van der Waals surface area (Å²) >= 11 is 0. The quantitative estimate of drug-likeness (QED) is 0.369. The summed E-state index contributed by atoms with van der Waals surface area (Å²) in [6.07, 6.45) is 2.38. The molecule has 2 aromatic rings. The minimum Gasteiger partial charge on any atom is -0.493 e. The van der Waals surface area contributed by atoms with E-state index >= 15 is 0 Å². The Hall–Kier alpha value is -4.20. The van der Waals surface area contributed by atoms with Gasteiger partial charge in [0.1, 0.15) is 18.4 Å². The smallest absolute Gasteiger partial charge is 0.243 e. The van der Waals surface area contributed by atoms with Gasteiger partial charge in [0, 0.05) is 39.6 Å². The second-order valence-corrected chi connectivity index (χ2v) is 11.5. The van der Waals surface area contributed by atoms with Crippen LogP contribution in [0.1, 0.15) is 76.1 Å². The first-order valence-corrected chi connectivity index (χ1v) is 15.9. The van der Waals surface area contributed by atoms with E-state index in [0.29, 0.717) is 75.1 Å². The van der Waals surface area contributed by atoms with Crippen LogP contribution in [0.25, 0.3) is 0 Å². The maximum atomic E-state index is 13.6. The van der Waals surface area contributed by atoms with E-state index in [2.05, 4.69) is 21.0 Å². The van der Waals surface area contributed by atoms with Gasteiger partial charge in [0.15, 0.2) is 17.3 Å². The summed E-state index contributed by atoms with van der Waals surface area (Å²) < 4.78 is 17.3. The molecule has 1 aliphatic heterocycles. The minimum absolute atomic E-state index is 0.0805. The number of ether oxygens (including phenoxy) is 3. The number of aromatic nitrogens is 3. The molecule has 3 rings (SSSR count). The molecule has 1 aliphatic rings. The van der Waals surface area contributed by atoms with Crippen molar-refractivity contribution in [1.82, 2.24) is 35.6 Å². The third kappa shape index (κ3) is 10.4.